The minimum Gasteiger partial charge on any atom is -0.317 e. The van der Waals surface area contributed by atoms with E-state index in [0.29, 0.717) is 5.92 Å². The lowest BCUT2D eigenvalue weighted by Crippen LogP contribution is -2.28. The van der Waals surface area contributed by atoms with Gasteiger partial charge in [-0.1, -0.05) is 18.2 Å². The molecule has 2 rings (SSSR count). The van der Waals surface area contributed by atoms with E-state index in [4.69, 9.17) is 0 Å². The van der Waals surface area contributed by atoms with Crippen LogP contribution in [0.25, 0.3) is 0 Å². The van der Waals surface area contributed by atoms with Crippen molar-refractivity contribution in [2.24, 2.45) is 5.92 Å². The zero-order valence-electron chi connectivity index (χ0n) is 10.6. The molecule has 1 aliphatic rings. The molecule has 100 valence electrons. The Bertz CT molecular complexity index is 493. The third-order valence-corrected chi connectivity index (χ3v) is 3.87. The summed E-state index contributed by atoms with van der Waals surface area (Å²) in [6.07, 6.45) is 4.45. The van der Waals surface area contributed by atoms with Crippen molar-refractivity contribution in [1.82, 2.24) is 5.32 Å². The first-order valence-electron chi connectivity index (χ1n) is 6.31. The molecule has 0 aliphatic carbocycles. The molecule has 1 fully saturated rings. The van der Waals surface area contributed by atoms with Crippen LogP contribution in [0.3, 0.4) is 0 Å². The van der Waals surface area contributed by atoms with Crippen molar-refractivity contribution in [2.45, 2.75) is 19.3 Å². The predicted molar refractivity (Wildman–Crippen MR) is 74.2 cm³/mol. The van der Waals surface area contributed by atoms with E-state index in [0.717, 1.165) is 43.6 Å². The Hall–Kier alpha value is -1.07. The fourth-order valence-corrected chi connectivity index (χ4v) is 2.99. The number of hydrogen-bond donors (Lipinski definition) is 2. The fraction of sp³-hybridized carbons (Fsp3) is 0.538. The molecule has 0 aromatic heterocycles. The molecular weight excluding hydrogens is 248 g/mol. The normalized spacial score (nSPS) is 17.6. The van der Waals surface area contributed by atoms with Crippen LogP contribution in [0.15, 0.2) is 24.3 Å². The smallest absolute Gasteiger partial charge is 0.229 e. The zero-order valence-corrected chi connectivity index (χ0v) is 11.5. The molecule has 0 unspecified atom stereocenters. The van der Waals surface area contributed by atoms with Crippen LogP contribution in [0.4, 0.5) is 5.69 Å². The largest absolute Gasteiger partial charge is 0.317 e. The molecule has 0 radical (unpaired) electrons. The summed E-state index contributed by atoms with van der Waals surface area (Å²) >= 11 is 0. The Labute approximate surface area is 109 Å². The molecule has 0 bridgehead atoms. The van der Waals surface area contributed by atoms with Crippen LogP contribution in [-0.2, 0) is 16.4 Å². The maximum absolute atomic E-state index is 11.3. The Morgan fingerprint density at radius 3 is 2.61 bits per heavy atom. The molecule has 1 aromatic rings. The number of nitrogens with one attached hydrogen (secondary N) is 2. The molecule has 4 nitrogen and oxygen atoms in total. The summed E-state index contributed by atoms with van der Waals surface area (Å²) in [6, 6.07) is 7.66. The van der Waals surface area contributed by atoms with Crippen molar-refractivity contribution >= 4 is 15.7 Å². The molecule has 1 aromatic carbocycles. The monoisotopic (exact) mass is 268 g/mol. The Kier molecular flexibility index (Phi) is 4.24. The zero-order chi connectivity index (χ0) is 13.0. The fourth-order valence-electron chi connectivity index (χ4n) is 2.39. The van der Waals surface area contributed by atoms with E-state index in [-0.39, 0.29) is 0 Å². The molecule has 0 saturated carbocycles. The number of para-hydroxylation sites is 1. The van der Waals surface area contributed by atoms with Gasteiger partial charge in [-0.3, -0.25) is 4.72 Å². The molecule has 18 heavy (non-hydrogen) atoms. The lowest BCUT2D eigenvalue weighted by atomic mass is 9.90. The maximum Gasteiger partial charge on any atom is 0.229 e. The highest BCUT2D eigenvalue weighted by Crippen LogP contribution is 2.24. The number of sulfonamides is 1. The summed E-state index contributed by atoms with van der Waals surface area (Å²) in [7, 11) is -3.20. The van der Waals surface area contributed by atoms with Gasteiger partial charge in [0.25, 0.3) is 0 Å². The third kappa shape index (κ3) is 3.99. The van der Waals surface area contributed by atoms with Crippen molar-refractivity contribution in [3.05, 3.63) is 29.8 Å². The second kappa shape index (κ2) is 5.71. The Morgan fingerprint density at radius 2 is 1.94 bits per heavy atom. The molecule has 0 spiro atoms. The molecule has 1 heterocycles. The van der Waals surface area contributed by atoms with Crippen LogP contribution in [-0.4, -0.2) is 27.8 Å². The van der Waals surface area contributed by atoms with Crippen LogP contribution in [0.2, 0.25) is 0 Å². The van der Waals surface area contributed by atoms with Gasteiger partial charge in [-0.25, -0.2) is 8.42 Å². The van der Waals surface area contributed by atoms with Gasteiger partial charge in [-0.05, 0) is 49.9 Å². The quantitative estimate of drug-likeness (QED) is 0.872. The van der Waals surface area contributed by atoms with Crippen molar-refractivity contribution in [3.8, 4) is 0 Å². The van der Waals surface area contributed by atoms with E-state index in [1.807, 2.05) is 24.3 Å². The molecular formula is C13H20N2O2S. The van der Waals surface area contributed by atoms with Crippen LogP contribution >= 0.6 is 0 Å². The van der Waals surface area contributed by atoms with E-state index >= 15 is 0 Å². The first-order chi connectivity index (χ1) is 8.54. The van der Waals surface area contributed by atoms with Gasteiger partial charge < -0.3 is 5.32 Å². The average molecular weight is 268 g/mol. The van der Waals surface area contributed by atoms with Gasteiger partial charge in [0.1, 0.15) is 0 Å². The lowest BCUT2D eigenvalue weighted by molar-refractivity contribution is 0.373. The van der Waals surface area contributed by atoms with Crippen molar-refractivity contribution in [2.75, 3.05) is 24.1 Å². The molecule has 1 aliphatic heterocycles. The van der Waals surface area contributed by atoms with E-state index in [2.05, 4.69) is 10.0 Å². The van der Waals surface area contributed by atoms with Gasteiger partial charge in [0.2, 0.25) is 10.0 Å². The van der Waals surface area contributed by atoms with Crippen molar-refractivity contribution in [3.63, 3.8) is 0 Å². The molecule has 5 heteroatoms. The second-order valence-electron chi connectivity index (χ2n) is 4.93. The van der Waals surface area contributed by atoms with Crippen LogP contribution < -0.4 is 10.0 Å². The summed E-state index contributed by atoms with van der Waals surface area (Å²) in [5.41, 5.74) is 1.81. The highest BCUT2D eigenvalue weighted by atomic mass is 32.2. The Morgan fingerprint density at radius 1 is 1.28 bits per heavy atom. The average Bonchev–Trinajstić information content (AvgIpc) is 2.31. The minimum absolute atomic E-state index is 0.647. The SMILES string of the molecule is CS(=O)(=O)Nc1ccccc1CC1CCNCC1. The molecule has 2 N–H and O–H groups in total. The van der Waals surface area contributed by atoms with E-state index < -0.39 is 10.0 Å². The van der Waals surface area contributed by atoms with Crippen molar-refractivity contribution < 1.29 is 8.42 Å². The maximum atomic E-state index is 11.3. The van der Waals surface area contributed by atoms with Gasteiger partial charge >= 0.3 is 0 Å². The first-order valence-corrected chi connectivity index (χ1v) is 8.20. The van der Waals surface area contributed by atoms with E-state index in [1.165, 1.54) is 6.26 Å². The van der Waals surface area contributed by atoms with E-state index in [1.54, 1.807) is 0 Å². The van der Waals surface area contributed by atoms with Gasteiger partial charge in [0, 0.05) is 0 Å². The number of anilines is 1. The predicted octanol–water partition coefficient (Wildman–Crippen LogP) is 1.60. The standard InChI is InChI=1S/C13H20N2O2S/c1-18(16,17)15-13-5-3-2-4-12(13)10-11-6-8-14-9-7-11/h2-5,11,14-15H,6-10H2,1H3. The van der Waals surface area contributed by atoms with Gasteiger partial charge in [0.15, 0.2) is 0 Å². The van der Waals surface area contributed by atoms with Gasteiger partial charge in [-0.2, -0.15) is 0 Å². The summed E-state index contributed by atoms with van der Waals surface area (Å²) in [5.74, 6) is 0.647. The van der Waals surface area contributed by atoms with Gasteiger partial charge in [0.05, 0.1) is 11.9 Å². The molecule has 0 amide bonds. The topological polar surface area (TPSA) is 58.2 Å². The number of piperidine rings is 1. The highest BCUT2D eigenvalue weighted by molar-refractivity contribution is 7.92. The number of hydrogen-bond acceptors (Lipinski definition) is 3. The first kappa shape index (κ1) is 13.4. The highest BCUT2D eigenvalue weighted by Gasteiger charge is 2.16. The number of benzene rings is 1. The summed E-state index contributed by atoms with van der Waals surface area (Å²) in [5, 5.41) is 3.34. The van der Waals surface area contributed by atoms with Gasteiger partial charge in [-0.15, -0.1) is 0 Å². The molecule has 0 atom stereocenters. The minimum atomic E-state index is -3.20. The van der Waals surface area contributed by atoms with Crippen LogP contribution in [0, 0.1) is 5.92 Å². The molecule has 1 saturated heterocycles. The summed E-state index contributed by atoms with van der Waals surface area (Å²) in [4.78, 5) is 0. The second-order valence-corrected chi connectivity index (χ2v) is 6.68. The third-order valence-electron chi connectivity index (χ3n) is 3.28. The lowest BCUT2D eigenvalue weighted by Gasteiger charge is -2.23. The summed E-state index contributed by atoms with van der Waals surface area (Å²) in [6.45, 7) is 2.12. The Balaban J connectivity index is 2.11. The van der Waals surface area contributed by atoms with Crippen molar-refractivity contribution in [1.29, 1.82) is 0 Å². The van der Waals surface area contributed by atoms with Crippen LogP contribution in [0.1, 0.15) is 18.4 Å². The van der Waals surface area contributed by atoms with Crippen LogP contribution in [0.5, 0.6) is 0 Å². The van der Waals surface area contributed by atoms with E-state index in [9.17, 15) is 8.42 Å². The number of rotatable bonds is 4. The summed E-state index contributed by atoms with van der Waals surface area (Å²) < 4.78 is 25.2.